The Hall–Kier alpha value is -0.990. The third kappa shape index (κ3) is 3.48. The van der Waals surface area contributed by atoms with Crippen molar-refractivity contribution in [3.8, 4) is 0 Å². The van der Waals surface area contributed by atoms with Crippen LogP contribution in [0.1, 0.15) is 53.4 Å². The fourth-order valence-electron chi connectivity index (χ4n) is 2.02. The summed E-state index contributed by atoms with van der Waals surface area (Å²) < 4.78 is 0. The quantitative estimate of drug-likeness (QED) is 0.772. The van der Waals surface area contributed by atoms with Crippen LogP contribution in [0.25, 0.3) is 0 Å². The minimum absolute atomic E-state index is 0.0393. The smallest absolute Gasteiger partial charge is 0.253 e. The van der Waals surface area contributed by atoms with Crippen LogP contribution in [0, 0.1) is 5.41 Å². The molecule has 1 N–H and O–H groups in total. The fourth-order valence-corrected chi connectivity index (χ4v) is 2.02. The Balaban J connectivity index is 2.63. The highest BCUT2D eigenvalue weighted by Gasteiger charge is 2.32. The van der Waals surface area contributed by atoms with E-state index in [1.54, 1.807) is 4.90 Å². The molecule has 3 heteroatoms. The van der Waals surface area contributed by atoms with Gasteiger partial charge in [-0.1, -0.05) is 34.1 Å². The van der Waals surface area contributed by atoms with Crippen LogP contribution in [0.2, 0.25) is 0 Å². The molecular formula is C14H25NO2. The molecule has 0 aromatic carbocycles. The normalized spacial score (nSPS) is 17.2. The van der Waals surface area contributed by atoms with E-state index in [1.165, 1.54) is 0 Å². The van der Waals surface area contributed by atoms with Crippen molar-refractivity contribution < 1.29 is 9.90 Å². The Morgan fingerprint density at radius 1 is 1.35 bits per heavy atom. The molecule has 98 valence electrons. The third-order valence-corrected chi connectivity index (χ3v) is 3.59. The monoisotopic (exact) mass is 239 g/mol. The standard InChI is InChI=1S/C14H25NO2/c1-5-7-8-11-12(16)9-15(13(11)17)10-14(3,4)6-2/h16H,5-10H2,1-4H3. The highest BCUT2D eigenvalue weighted by molar-refractivity contribution is 5.96. The number of unbranched alkanes of at least 4 members (excludes halogenated alkanes) is 1. The van der Waals surface area contributed by atoms with Gasteiger partial charge in [0.15, 0.2) is 0 Å². The number of nitrogens with zero attached hydrogens (tertiary/aromatic N) is 1. The summed E-state index contributed by atoms with van der Waals surface area (Å²) in [6.07, 6.45) is 3.76. The number of aliphatic hydroxyl groups excluding tert-OH is 1. The lowest BCUT2D eigenvalue weighted by molar-refractivity contribution is -0.126. The van der Waals surface area contributed by atoms with Crippen molar-refractivity contribution in [2.24, 2.45) is 5.41 Å². The van der Waals surface area contributed by atoms with Crippen molar-refractivity contribution >= 4 is 5.91 Å². The average Bonchev–Trinajstić information content (AvgIpc) is 2.52. The van der Waals surface area contributed by atoms with Crippen LogP contribution >= 0.6 is 0 Å². The highest BCUT2D eigenvalue weighted by Crippen LogP contribution is 2.27. The summed E-state index contributed by atoms with van der Waals surface area (Å²) in [4.78, 5) is 13.9. The summed E-state index contributed by atoms with van der Waals surface area (Å²) in [6.45, 7) is 9.66. The molecule has 0 saturated carbocycles. The number of amides is 1. The third-order valence-electron chi connectivity index (χ3n) is 3.59. The predicted molar refractivity (Wildman–Crippen MR) is 69.8 cm³/mol. The van der Waals surface area contributed by atoms with Crippen molar-refractivity contribution in [3.05, 3.63) is 11.3 Å². The molecule has 0 aromatic heterocycles. The number of carbonyl (C=O) groups is 1. The van der Waals surface area contributed by atoms with E-state index in [2.05, 4.69) is 27.7 Å². The van der Waals surface area contributed by atoms with E-state index in [-0.39, 0.29) is 17.1 Å². The Morgan fingerprint density at radius 2 is 2.00 bits per heavy atom. The molecule has 0 atom stereocenters. The molecule has 3 nitrogen and oxygen atoms in total. The Kier molecular flexibility index (Phi) is 4.61. The zero-order valence-corrected chi connectivity index (χ0v) is 11.5. The summed E-state index contributed by atoms with van der Waals surface area (Å²) in [5.74, 6) is 0.327. The van der Waals surface area contributed by atoms with E-state index in [9.17, 15) is 9.90 Å². The molecular weight excluding hydrogens is 214 g/mol. The second kappa shape index (κ2) is 5.56. The number of aliphatic hydroxyl groups is 1. The highest BCUT2D eigenvalue weighted by atomic mass is 16.3. The van der Waals surface area contributed by atoms with Crippen molar-refractivity contribution in [2.75, 3.05) is 13.1 Å². The fraction of sp³-hybridized carbons (Fsp3) is 0.786. The van der Waals surface area contributed by atoms with Gasteiger partial charge in [0.1, 0.15) is 5.76 Å². The number of hydrogen-bond acceptors (Lipinski definition) is 2. The van der Waals surface area contributed by atoms with Crippen LogP contribution in [0.15, 0.2) is 11.3 Å². The van der Waals surface area contributed by atoms with Gasteiger partial charge in [-0.2, -0.15) is 0 Å². The maximum absolute atomic E-state index is 12.1. The largest absolute Gasteiger partial charge is 0.510 e. The second-order valence-electron chi connectivity index (χ2n) is 5.71. The van der Waals surface area contributed by atoms with Crippen LogP contribution in [0.4, 0.5) is 0 Å². The van der Waals surface area contributed by atoms with Gasteiger partial charge in [-0.3, -0.25) is 4.79 Å². The molecule has 0 spiro atoms. The van der Waals surface area contributed by atoms with Gasteiger partial charge in [0.2, 0.25) is 0 Å². The predicted octanol–water partition coefficient (Wildman–Crippen LogP) is 3.27. The SMILES string of the molecule is CCCCC1=C(O)CN(CC(C)(C)CC)C1=O. The maximum Gasteiger partial charge on any atom is 0.253 e. The van der Waals surface area contributed by atoms with Crippen LogP contribution in [0.3, 0.4) is 0 Å². The van der Waals surface area contributed by atoms with E-state index in [1.807, 2.05) is 0 Å². The molecule has 17 heavy (non-hydrogen) atoms. The van der Waals surface area contributed by atoms with E-state index in [0.29, 0.717) is 18.5 Å². The van der Waals surface area contributed by atoms with E-state index in [4.69, 9.17) is 0 Å². The zero-order valence-electron chi connectivity index (χ0n) is 11.5. The Morgan fingerprint density at radius 3 is 2.53 bits per heavy atom. The summed E-state index contributed by atoms with van der Waals surface area (Å²) >= 11 is 0. The molecule has 1 aliphatic heterocycles. The molecule has 0 aromatic rings. The van der Waals surface area contributed by atoms with Crippen molar-refractivity contribution in [1.82, 2.24) is 4.90 Å². The molecule has 1 amide bonds. The van der Waals surface area contributed by atoms with Gasteiger partial charge >= 0.3 is 0 Å². The first kappa shape index (κ1) is 14.1. The van der Waals surface area contributed by atoms with Gasteiger partial charge in [0.05, 0.1) is 12.1 Å². The topological polar surface area (TPSA) is 40.5 Å². The van der Waals surface area contributed by atoms with Crippen molar-refractivity contribution in [2.45, 2.75) is 53.4 Å². The van der Waals surface area contributed by atoms with Gasteiger partial charge in [-0.25, -0.2) is 0 Å². The minimum Gasteiger partial charge on any atom is -0.510 e. The van der Waals surface area contributed by atoms with Gasteiger partial charge in [-0.15, -0.1) is 0 Å². The van der Waals surface area contributed by atoms with Crippen LogP contribution < -0.4 is 0 Å². The summed E-state index contributed by atoms with van der Waals surface area (Å²) in [5, 5.41) is 9.84. The first-order valence-corrected chi connectivity index (χ1v) is 6.61. The molecule has 0 radical (unpaired) electrons. The Labute approximate surface area is 105 Å². The van der Waals surface area contributed by atoms with Gasteiger partial charge in [0, 0.05) is 6.54 Å². The number of carbonyl (C=O) groups excluding carboxylic acids is 1. The summed E-state index contributed by atoms with van der Waals surface area (Å²) in [6, 6.07) is 0. The molecule has 1 rings (SSSR count). The van der Waals surface area contributed by atoms with E-state index < -0.39 is 0 Å². The van der Waals surface area contributed by atoms with E-state index >= 15 is 0 Å². The zero-order chi connectivity index (χ0) is 13.1. The Bertz CT molecular complexity index is 318. The molecule has 0 fully saturated rings. The second-order valence-corrected chi connectivity index (χ2v) is 5.71. The molecule has 0 unspecified atom stereocenters. The molecule has 1 heterocycles. The summed E-state index contributed by atoms with van der Waals surface area (Å²) in [7, 11) is 0. The number of hydrogen-bond donors (Lipinski definition) is 1. The molecule has 0 saturated heterocycles. The lowest BCUT2D eigenvalue weighted by Crippen LogP contribution is -2.36. The van der Waals surface area contributed by atoms with E-state index in [0.717, 1.165) is 25.8 Å². The van der Waals surface area contributed by atoms with Gasteiger partial charge < -0.3 is 10.0 Å². The first-order valence-electron chi connectivity index (χ1n) is 6.61. The number of rotatable bonds is 6. The molecule has 0 bridgehead atoms. The average molecular weight is 239 g/mol. The molecule has 1 aliphatic rings. The lowest BCUT2D eigenvalue weighted by atomic mass is 9.90. The van der Waals surface area contributed by atoms with Crippen LogP contribution in [0.5, 0.6) is 0 Å². The lowest BCUT2D eigenvalue weighted by Gasteiger charge is -2.29. The van der Waals surface area contributed by atoms with Gasteiger partial charge in [0.25, 0.3) is 5.91 Å². The summed E-state index contributed by atoms with van der Waals surface area (Å²) in [5.41, 5.74) is 0.759. The molecule has 0 aliphatic carbocycles. The van der Waals surface area contributed by atoms with Crippen LogP contribution in [-0.4, -0.2) is 29.0 Å². The first-order chi connectivity index (χ1) is 7.91. The van der Waals surface area contributed by atoms with Crippen molar-refractivity contribution in [1.29, 1.82) is 0 Å². The maximum atomic E-state index is 12.1. The van der Waals surface area contributed by atoms with Crippen molar-refractivity contribution in [3.63, 3.8) is 0 Å². The minimum atomic E-state index is 0.0393. The van der Waals surface area contributed by atoms with Gasteiger partial charge in [-0.05, 0) is 24.7 Å². The van der Waals surface area contributed by atoms with Crippen LogP contribution in [-0.2, 0) is 4.79 Å².